The molecule has 3 atom stereocenters. The summed E-state index contributed by atoms with van der Waals surface area (Å²) in [7, 11) is 0. The molecule has 174 valence electrons. The third kappa shape index (κ3) is 6.31. The van der Waals surface area contributed by atoms with E-state index in [1.165, 1.54) is 20.8 Å². The second-order valence-corrected chi connectivity index (χ2v) is 8.49. The minimum atomic E-state index is -0.491. The van der Waals surface area contributed by atoms with Crippen LogP contribution in [0.4, 0.5) is 0 Å². The number of aryl methyl sites for hydroxylation is 1. The van der Waals surface area contributed by atoms with Crippen molar-refractivity contribution in [1.82, 2.24) is 0 Å². The largest absolute Gasteiger partial charge is 0.457 e. The Balaban J connectivity index is 2.66. The van der Waals surface area contributed by atoms with Crippen molar-refractivity contribution in [3.05, 3.63) is 47.1 Å². The van der Waals surface area contributed by atoms with E-state index in [4.69, 9.17) is 14.2 Å². The van der Waals surface area contributed by atoms with Crippen LogP contribution in [0.1, 0.15) is 77.8 Å². The molecule has 2 rings (SSSR count). The highest BCUT2D eigenvalue weighted by Crippen LogP contribution is 2.49. The van der Waals surface area contributed by atoms with Gasteiger partial charge in [-0.1, -0.05) is 38.0 Å². The highest BCUT2D eigenvalue weighted by atomic mass is 16.6. The van der Waals surface area contributed by atoms with Gasteiger partial charge in [0, 0.05) is 38.2 Å². The molecule has 0 amide bonds. The monoisotopic (exact) mass is 442 g/mol. The van der Waals surface area contributed by atoms with Crippen molar-refractivity contribution >= 4 is 17.9 Å². The van der Waals surface area contributed by atoms with Gasteiger partial charge in [0.1, 0.15) is 17.6 Å². The van der Waals surface area contributed by atoms with E-state index in [2.05, 4.69) is 13.5 Å². The number of carbonyl (C=O) groups excluding carboxylic acids is 3. The molecule has 1 aromatic carbocycles. The average molecular weight is 443 g/mol. The predicted molar refractivity (Wildman–Crippen MR) is 123 cm³/mol. The Labute approximate surface area is 190 Å². The highest BCUT2D eigenvalue weighted by molar-refractivity contribution is 5.74. The normalized spacial score (nSPS) is 19.8. The molecule has 1 unspecified atom stereocenters. The standard InChI is InChI=1S/C26H34O6/c1-8-9-10-11-20-13-22(30-17(5)27)25(23(14-20)31-18(6)28)21-12-16(4)26(32-19(7)29)24(21)15(2)3/h12-14,21,24,26H,2,8-11H2,1,3-7H3/t21-,24+,26?/m1/s1. The van der Waals surface area contributed by atoms with Crippen molar-refractivity contribution in [2.45, 2.75) is 79.2 Å². The number of hydrogen-bond donors (Lipinski definition) is 0. The maximum atomic E-state index is 11.9. The number of unbranched alkanes of at least 4 members (excludes halogenated alkanes) is 2. The van der Waals surface area contributed by atoms with E-state index >= 15 is 0 Å². The molecule has 6 nitrogen and oxygen atoms in total. The topological polar surface area (TPSA) is 78.9 Å². The molecule has 1 aliphatic rings. The summed E-state index contributed by atoms with van der Waals surface area (Å²) in [6.07, 6.45) is 5.37. The lowest BCUT2D eigenvalue weighted by atomic mass is 9.81. The maximum absolute atomic E-state index is 11.9. The van der Waals surface area contributed by atoms with E-state index < -0.39 is 18.0 Å². The van der Waals surface area contributed by atoms with Crippen LogP contribution in [0, 0.1) is 5.92 Å². The molecule has 0 radical (unpaired) electrons. The maximum Gasteiger partial charge on any atom is 0.308 e. The SMILES string of the molecule is C=C(C)[C@@H]1C(OC(C)=O)C(C)=C[C@H]1c1c(OC(C)=O)cc(CCCCC)cc1OC(C)=O. The van der Waals surface area contributed by atoms with E-state index in [-0.39, 0.29) is 17.8 Å². The van der Waals surface area contributed by atoms with Crippen LogP contribution >= 0.6 is 0 Å². The summed E-state index contributed by atoms with van der Waals surface area (Å²) in [6.45, 7) is 14.1. The van der Waals surface area contributed by atoms with Crippen LogP contribution in [-0.4, -0.2) is 24.0 Å². The quantitative estimate of drug-likeness (QED) is 0.219. The number of rotatable bonds is 9. The fourth-order valence-electron chi connectivity index (χ4n) is 4.31. The fourth-order valence-corrected chi connectivity index (χ4v) is 4.31. The number of carbonyl (C=O) groups is 3. The molecule has 0 aromatic heterocycles. The van der Waals surface area contributed by atoms with E-state index in [1.54, 1.807) is 0 Å². The van der Waals surface area contributed by atoms with Gasteiger partial charge in [-0.25, -0.2) is 0 Å². The summed E-state index contributed by atoms with van der Waals surface area (Å²) in [6, 6.07) is 3.69. The lowest BCUT2D eigenvalue weighted by Crippen LogP contribution is -2.27. The predicted octanol–water partition coefficient (Wildman–Crippen LogP) is 5.44. The summed E-state index contributed by atoms with van der Waals surface area (Å²) < 4.78 is 16.8. The molecular weight excluding hydrogens is 408 g/mol. The van der Waals surface area contributed by atoms with E-state index in [0.717, 1.165) is 42.4 Å². The smallest absolute Gasteiger partial charge is 0.308 e. The average Bonchev–Trinajstić information content (AvgIpc) is 2.96. The van der Waals surface area contributed by atoms with Crippen molar-refractivity contribution < 1.29 is 28.6 Å². The van der Waals surface area contributed by atoms with Gasteiger partial charge in [-0.2, -0.15) is 0 Å². The molecule has 1 aliphatic carbocycles. The number of hydrogen-bond acceptors (Lipinski definition) is 6. The lowest BCUT2D eigenvalue weighted by Gasteiger charge is -2.28. The van der Waals surface area contributed by atoms with Gasteiger partial charge in [0.15, 0.2) is 0 Å². The lowest BCUT2D eigenvalue weighted by molar-refractivity contribution is -0.146. The van der Waals surface area contributed by atoms with E-state index in [0.29, 0.717) is 17.1 Å². The fraction of sp³-hybridized carbons (Fsp3) is 0.500. The summed E-state index contributed by atoms with van der Waals surface area (Å²) >= 11 is 0. The second-order valence-electron chi connectivity index (χ2n) is 8.49. The van der Waals surface area contributed by atoms with Crippen molar-refractivity contribution in [2.75, 3.05) is 0 Å². The van der Waals surface area contributed by atoms with Gasteiger partial charge in [-0.05, 0) is 50.0 Å². The Kier molecular flexibility index (Phi) is 8.81. The molecule has 0 saturated carbocycles. The summed E-state index contributed by atoms with van der Waals surface area (Å²) in [5.74, 6) is -1.24. The summed E-state index contributed by atoms with van der Waals surface area (Å²) in [4.78, 5) is 35.6. The van der Waals surface area contributed by atoms with Crippen LogP contribution in [0.2, 0.25) is 0 Å². The van der Waals surface area contributed by atoms with Gasteiger partial charge in [0.25, 0.3) is 0 Å². The highest BCUT2D eigenvalue weighted by Gasteiger charge is 2.41. The molecule has 0 fully saturated rings. The molecule has 0 heterocycles. The summed E-state index contributed by atoms with van der Waals surface area (Å²) in [5.41, 5.74) is 3.19. The Bertz CT molecular complexity index is 889. The van der Waals surface area contributed by atoms with Crippen molar-refractivity contribution in [2.24, 2.45) is 5.92 Å². The Morgan fingerprint density at radius 3 is 1.94 bits per heavy atom. The Morgan fingerprint density at radius 2 is 1.50 bits per heavy atom. The number of esters is 3. The molecule has 0 aliphatic heterocycles. The number of benzene rings is 1. The molecule has 6 heteroatoms. The zero-order chi connectivity index (χ0) is 24.0. The number of allylic oxidation sites excluding steroid dienone is 1. The molecule has 0 N–H and O–H groups in total. The van der Waals surface area contributed by atoms with Crippen molar-refractivity contribution in [1.29, 1.82) is 0 Å². The third-order valence-electron chi connectivity index (χ3n) is 5.54. The Morgan fingerprint density at radius 1 is 0.938 bits per heavy atom. The minimum absolute atomic E-state index is 0.284. The van der Waals surface area contributed by atoms with Gasteiger partial charge < -0.3 is 14.2 Å². The minimum Gasteiger partial charge on any atom is -0.457 e. The molecule has 0 saturated heterocycles. The van der Waals surface area contributed by atoms with Crippen LogP contribution in [-0.2, 0) is 25.5 Å². The number of ether oxygens (including phenoxy) is 3. The molecule has 0 bridgehead atoms. The van der Waals surface area contributed by atoms with Crippen LogP contribution in [0.15, 0.2) is 35.9 Å². The molecular formula is C26H34O6. The van der Waals surface area contributed by atoms with Crippen LogP contribution < -0.4 is 9.47 Å². The van der Waals surface area contributed by atoms with Gasteiger partial charge in [0.05, 0.1) is 0 Å². The zero-order valence-electron chi connectivity index (χ0n) is 19.9. The van der Waals surface area contributed by atoms with Gasteiger partial charge >= 0.3 is 17.9 Å². The first-order valence-electron chi connectivity index (χ1n) is 11.1. The van der Waals surface area contributed by atoms with Crippen LogP contribution in [0.3, 0.4) is 0 Å². The van der Waals surface area contributed by atoms with Gasteiger partial charge in [0.2, 0.25) is 0 Å². The van der Waals surface area contributed by atoms with Crippen molar-refractivity contribution in [3.8, 4) is 11.5 Å². The first kappa shape index (κ1) is 25.4. The molecule has 1 aromatic rings. The zero-order valence-corrected chi connectivity index (χ0v) is 19.9. The van der Waals surface area contributed by atoms with E-state index in [9.17, 15) is 14.4 Å². The van der Waals surface area contributed by atoms with Crippen LogP contribution in [0.5, 0.6) is 11.5 Å². The van der Waals surface area contributed by atoms with Gasteiger partial charge in [-0.15, -0.1) is 0 Å². The molecule has 0 spiro atoms. The first-order valence-corrected chi connectivity index (χ1v) is 11.1. The van der Waals surface area contributed by atoms with Crippen molar-refractivity contribution in [3.63, 3.8) is 0 Å². The van der Waals surface area contributed by atoms with E-state index in [1.807, 2.05) is 32.1 Å². The second kappa shape index (κ2) is 11.1. The third-order valence-corrected chi connectivity index (χ3v) is 5.54. The van der Waals surface area contributed by atoms with Gasteiger partial charge in [-0.3, -0.25) is 14.4 Å². The molecule has 32 heavy (non-hydrogen) atoms. The first-order chi connectivity index (χ1) is 15.0. The Hall–Kier alpha value is -2.89. The summed E-state index contributed by atoms with van der Waals surface area (Å²) in [5, 5.41) is 0. The van der Waals surface area contributed by atoms with Crippen LogP contribution in [0.25, 0.3) is 0 Å².